The molecule has 0 saturated heterocycles. The van der Waals surface area contributed by atoms with Crippen LogP contribution < -0.4 is 5.32 Å². The van der Waals surface area contributed by atoms with Gasteiger partial charge in [-0.15, -0.1) is 0 Å². The number of carbonyl (C=O) groups is 1. The second-order valence-electron chi connectivity index (χ2n) is 5.19. The Balaban J connectivity index is 2.18. The van der Waals surface area contributed by atoms with Crippen molar-refractivity contribution >= 4 is 11.8 Å². The molecule has 0 amide bonds. The molecule has 1 aromatic heterocycles. The highest BCUT2D eigenvalue weighted by Gasteiger charge is 2.17. The molecule has 0 spiro atoms. The lowest BCUT2D eigenvalue weighted by atomic mass is 10.1. The lowest BCUT2D eigenvalue weighted by Crippen LogP contribution is -2.21. The van der Waals surface area contributed by atoms with E-state index < -0.39 is 5.97 Å². The van der Waals surface area contributed by atoms with Crippen LogP contribution in [0.3, 0.4) is 0 Å². The molecule has 0 unspecified atom stereocenters. The normalized spacial score (nSPS) is 16.9. The van der Waals surface area contributed by atoms with Crippen molar-refractivity contribution in [3.05, 3.63) is 23.4 Å². The van der Waals surface area contributed by atoms with Gasteiger partial charge in [-0.25, -0.2) is 9.78 Å². The number of nitrogens with one attached hydrogen (secondary N) is 1. The first-order chi connectivity index (χ1) is 9.20. The zero-order chi connectivity index (χ0) is 13.7. The Morgan fingerprint density at radius 2 is 2.00 bits per heavy atom. The van der Waals surface area contributed by atoms with Crippen molar-refractivity contribution in [2.24, 2.45) is 0 Å². The van der Waals surface area contributed by atoms with E-state index >= 15 is 0 Å². The molecule has 2 rings (SSSR count). The van der Waals surface area contributed by atoms with Crippen LogP contribution in [-0.4, -0.2) is 22.1 Å². The Hall–Kier alpha value is -1.58. The largest absolute Gasteiger partial charge is 0.478 e. The average Bonchev–Trinajstić information content (AvgIpc) is 2.67. The Labute approximate surface area is 114 Å². The van der Waals surface area contributed by atoms with Crippen molar-refractivity contribution in [3.8, 4) is 0 Å². The molecule has 1 heterocycles. The molecule has 0 atom stereocenters. The third-order valence-electron chi connectivity index (χ3n) is 3.74. The number of pyridine rings is 1. The summed E-state index contributed by atoms with van der Waals surface area (Å²) in [5.74, 6) is -0.370. The third kappa shape index (κ3) is 3.69. The highest BCUT2D eigenvalue weighted by Crippen LogP contribution is 2.22. The molecule has 0 aliphatic heterocycles. The summed E-state index contributed by atoms with van der Waals surface area (Å²) in [4.78, 5) is 15.7. The van der Waals surface area contributed by atoms with Crippen molar-refractivity contribution in [1.29, 1.82) is 0 Å². The second-order valence-corrected chi connectivity index (χ2v) is 5.19. The van der Waals surface area contributed by atoms with Crippen LogP contribution in [0, 0.1) is 0 Å². The summed E-state index contributed by atoms with van der Waals surface area (Å²) in [5, 5.41) is 12.6. The van der Waals surface area contributed by atoms with E-state index in [4.69, 9.17) is 0 Å². The van der Waals surface area contributed by atoms with Gasteiger partial charge in [0.25, 0.3) is 0 Å². The van der Waals surface area contributed by atoms with E-state index in [0.29, 0.717) is 11.9 Å². The number of aromatic carboxylic acids is 1. The molecule has 0 bridgehead atoms. The number of rotatable bonds is 4. The number of aryl methyl sites for hydroxylation is 1. The van der Waals surface area contributed by atoms with Gasteiger partial charge in [-0.3, -0.25) is 0 Å². The first-order valence-electron chi connectivity index (χ1n) is 7.20. The van der Waals surface area contributed by atoms with E-state index in [2.05, 4.69) is 10.3 Å². The third-order valence-corrected chi connectivity index (χ3v) is 3.74. The number of nitrogens with zero attached hydrogens (tertiary/aromatic N) is 1. The Bertz CT molecular complexity index is 438. The van der Waals surface area contributed by atoms with E-state index in [9.17, 15) is 9.90 Å². The summed E-state index contributed by atoms with van der Waals surface area (Å²) in [7, 11) is 0. The Morgan fingerprint density at radius 1 is 1.32 bits per heavy atom. The summed E-state index contributed by atoms with van der Waals surface area (Å²) in [5.41, 5.74) is 1.21. The number of hydrogen-bond acceptors (Lipinski definition) is 3. The number of hydrogen-bond donors (Lipinski definition) is 2. The first kappa shape index (κ1) is 13.8. The highest BCUT2D eigenvalue weighted by atomic mass is 16.4. The fourth-order valence-electron chi connectivity index (χ4n) is 2.60. The van der Waals surface area contributed by atoms with Gasteiger partial charge in [-0.1, -0.05) is 32.6 Å². The minimum Gasteiger partial charge on any atom is -0.478 e. The van der Waals surface area contributed by atoms with Gasteiger partial charge in [0.1, 0.15) is 11.4 Å². The van der Waals surface area contributed by atoms with Gasteiger partial charge in [0.05, 0.1) is 0 Å². The van der Waals surface area contributed by atoms with E-state index in [1.807, 2.05) is 6.92 Å². The second kappa shape index (κ2) is 6.55. The number of carboxylic acid groups (broad SMARTS) is 1. The van der Waals surface area contributed by atoms with E-state index in [1.54, 1.807) is 12.1 Å². The van der Waals surface area contributed by atoms with Gasteiger partial charge in [-0.05, 0) is 31.4 Å². The summed E-state index contributed by atoms with van der Waals surface area (Å²) in [6, 6.07) is 3.81. The number of anilines is 1. The maximum Gasteiger partial charge on any atom is 0.339 e. The van der Waals surface area contributed by atoms with Gasteiger partial charge in [0, 0.05) is 11.7 Å². The zero-order valence-electron chi connectivity index (χ0n) is 11.5. The fourth-order valence-corrected chi connectivity index (χ4v) is 2.60. The van der Waals surface area contributed by atoms with Crippen LogP contribution >= 0.6 is 0 Å². The first-order valence-corrected chi connectivity index (χ1v) is 7.20. The van der Waals surface area contributed by atoms with Crippen molar-refractivity contribution in [2.45, 2.75) is 57.9 Å². The minimum atomic E-state index is -0.911. The van der Waals surface area contributed by atoms with E-state index in [1.165, 1.54) is 25.7 Å². The maximum atomic E-state index is 11.3. The quantitative estimate of drug-likeness (QED) is 0.815. The smallest absolute Gasteiger partial charge is 0.339 e. The SMILES string of the molecule is CCc1ccc(C(=O)O)c(NC2CCCCCC2)n1. The van der Waals surface area contributed by atoms with Crippen molar-refractivity contribution in [1.82, 2.24) is 4.98 Å². The standard InChI is InChI=1S/C15H22N2O2/c1-2-11-9-10-13(15(18)19)14(16-11)17-12-7-5-3-4-6-8-12/h9-10,12H,2-8H2,1H3,(H,16,17)(H,18,19). The summed E-state index contributed by atoms with van der Waals surface area (Å²) in [6.45, 7) is 2.03. The molecule has 1 aliphatic rings. The zero-order valence-corrected chi connectivity index (χ0v) is 11.5. The van der Waals surface area contributed by atoms with Gasteiger partial charge >= 0.3 is 5.97 Å². The lowest BCUT2D eigenvalue weighted by molar-refractivity contribution is 0.0697. The van der Waals surface area contributed by atoms with Gasteiger partial charge in [-0.2, -0.15) is 0 Å². The monoisotopic (exact) mass is 262 g/mol. The van der Waals surface area contributed by atoms with Gasteiger partial charge in [0.15, 0.2) is 0 Å². The summed E-state index contributed by atoms with van der Waals surface area (Å²) < 4.78 is 0. The van der Waals surface area contributed by atoms with E-state index in [-0.39, 0.29) is 5.56 Å². The molecule has 4 nitrogen and oxygen atoms in total. The van der Waals surface area contributed by atoms with Crippen molar-refractivity contribution in [2.75, 3.05) is 5.32 Å². The lowest BCUT2D eigenvalue weighted by Gasteiger charge is -2.18. The molecule has 1 saturated carbocycles. The topological polar surface area (TPSA) is 62.2 Å². The van der Waals surface area contributed by atoms with Crippen LogP contribution in [0.4, 0.5) is 5.82 Å². The fraction of sp³-hybridized carbons (Fsp3) is 0.600. The van der Waals surface area contributed by atoms with Gasteiger partial charge < -0.3 is 10.4 Å². The number of aromatic nitrogens is 1. The molecule has 4 heteroatoms. The predicted octanol–water partition coefficient (Wildman–Crippen LogP) is 3.48. The molecule has 19 heavy (non-hydrogen) atoms. The molecule has 0 radical (unpaired) electrons. The van der Waals surface area contributed by atoms with Crippen LogP contribution in [0.5, 0.6) is 0 Å². The Morgan fingerprint density at radius 3 is 2.58 bits per heavy atom. The van der Waals surface area contributed by atoms with Crippen LogP contribution in [0.2, 0.25) is 0 Å². The minimum absolute atomic E-state index is 0.279. The molecule has 1 fully saturated rings. The van der Waals surface area contributed by atoms with E-state index in [0.717, 1.165) is 25.0 Å². The van der Waals surface area contributed by atoms with Crippen LogP contribution in [0.15, 0.2) is 12.1 Å². The van der Waals surface area contributed by atoms with Crippen LogP contribution in [-0.2, 0) is 6.42 Å². The molecule has 104 valence electrons. The molecule has 0 aromatic carbocycles. The van der Waals surface area contributed by atoms with Crippen LogP contribution in [0.1, 0.15) is 61.5 Å². The van der Waals surface area contributed by atoms with Crippen molar-refractivity contribution in [3.63, 3.8) is 0 Å². The average molecular weight is 262 g/mol. The van der Waals surface area contributed by atoms with Crippen LogP contribution in [0.25, 0.3) is 0 Å². The predicted molar refractivity (Wildman–Crippen MR) is 75.7 cm³/mol. The number of carboxylic acids is 1. The maximum absolute atomic E-state index is 11.3. The summed E-state index contributed by atoms with van der Waals surface area (Å²) >= 11 is 0. The summed E-state index contributed by atoms with van der Waals surface area (Å²) in [6.07, 6.45) is 8.04. The molecular weight excluding hydrogens is 240 g/mol. The molecule has 2 N–H and O–H groups in total. The molecule has 1 aliphatic carbocycles. The Kier molecular flexibility index (Phi) is 4.77. The highest BCUT2D eigenvalue weighted by molar-refractivity contribution is 5.93. The molecule has 1 aromatic rings. The molecular formula is C15H22N2O2. The van der Waals surface area contributed by atoms with Gasteiger partial charge in [0.2, 0.25) is 0 Å². The van der Waals surface area contributed by atoms with Crippen molar-refractivity contribution < 1.29 is 9.90 Å².